The van der Waals surface area contributed by atoms with E-state index in [9.17, 15) is 9.59 Å². The number of nitrogens with two attached hydrogens (primary N) is 3. The number of H-pyrrole nitrogens is 1. The van der Waals surface area contributed by atoms with Crippen LogP contribution in [0.2, 0.25) is 0 Å². The second kappa shape index (κ2) is 16.2. The molecule has 1 aliphatic heterocycles. The number of ketones is 1. The summed E-state index contributed by atoms with van der Waals surface area (Å²) in [5, 5.41) is 9.73. The molecule has 8 N–H and O–H groups in total. The van der Waals surface area contributed by atoms with Gasteiger partial charge in [0, 0.05) is 51.3 Å². The van der Waals surface area contributed by atoms with Gasteiger partial charge in [-0.2, -0.15) is 0 Å². The van der Waals surface area contributed by atoms with Crippen LogP contribution in [0.15, 0.2) is 75.6 Å². The maximum atomic E-state index is 11.0. The Bertz CT molecular complexity index is 1370. The van der Waals surface area contributed by atoms with Crippen molar-refractivity contribution in [1.29, 1.82) is 0 Å². The highest BCUT2D eigenvalue weighted by atomic mass is 79.9. The van der Waals surface area contributed by atoms with Crippen LogP contribution in [0.4, 0.5) is 0 Å². The van der Waals surface area contributed by atoms with Gasteiger partial charge in [0.1, 0.15) is 4.88 Å². The third-order valence-electron chi connectivity index (χ3n) is 5.02. The molecule has 0 saturated carbocycles. The maximum Gasteiger partial charge on any atom is 0.345 e. The molecule has 1 saturated heterocycles. The number of nitrogens with one attached hydrogen (secondary N) is 1. The molecule has 1 unspecified atom stereocenters. The lowest BCUT2D eigenvalue weighted by molar-refractivity contribution is 0.0702. The smallest absolute Gasteiger partial charge is 0.345 e. The first-order valence-electron chi connectivity index (χ1n) is 11.7. The van der Waals surface area contributed by atoms with E-state index in [0.717, 1.165) is 49.7 Å². The molecule has 0 radical (unpaired) electrons. The Morgan fingerprint density at radius 2 is 1.95 bits per heavy atom. The summed E-state index contributed by atoms with van der Waals surface area (Å²) in [6, 6.07) is 11.4. The molecule has 9 nitrogen and oxygen atoms in total. The Morgan fingerprint density at radius 1 is 1.21 bits per heavy atom. The van der Waals surface area contributed by atoms with E-state index in [1.807, 2.05) is 37.3 Å². The number of carboxylic acids is 1. The minimum absolute atomic E-state index is 0.0223. The first kappa shape index (κ1) is 32.2. The van der Waals surface area contributed by atoms with Gasteiger partial charge in [-0.25, -0.2) is 4.79 Å². The summed E-state index contributed by atoms with van der Waals surface area (Å²) >= 11 is 7.94. The fraction of sp³-hybridized carbons (Fsp3) is 0.222. The number of carboxylic acid groups (broad SMARTS) is 1. The molecule has 0 aliphatic carbocycles. The van der Waals surface area contributed by atoms with Gasteiger partial charge in [0.25, 0.3) is 0 Å². The molecule has 1 aliphatic rings. The van der Waals surface area contributed by atoms with Gasteiger partial charge >= 0.3 is 5.97 Å². The molecule has 39 heavy (non-hydrogen) atoms. The van der Waals surface area contributed by atoms with Gasteiger partial charge < -0.3 is 32.0 Å². The maximum absolute atomic E-state index is 11.0. The summed E-state index contributed by atoms with van der Waals surface area (Å²) in [5.41, 5.74) is 18.5. The Balaban J connectivity index is 0.000000193. The molecule has 5 rings (SSSR count). The number of rotatable bonds is 3. The van der Waals surface area contributed by atoms with Crippen molar-refractivity contribution in [2.75, 3.05) is 13.2 Å². The van der Waals surface area contributed by atoms with Crippen LogP contribution in [-0.2, 0) is 4.74 Å². The van der Waals surface area contributed by atoms with Crippen LogP contribution in [0.3, 0.4) is 0 Å². The zero-order valence-corrected chi connectivity index (χ0v) is 25.5. The van der Waals surface area contributed by atoms with E-state index in [4.69, 9.17) is 27.0 Å². The highest BCUT2D eigenvalue weighted by molar-refractivity contribution is 9.10. The van der Waals surface area contributed by atoms with Crippen molar-refractivity contribution in [2.24, 2.45) is 17.2 Å². The normalized spacial score (nSPS) is 14.7. The third kappa shape index (κ3) is 10.9. The van der Waals surface area contributed by atoms with Gasteiger partial charge in [-0.3, -0.25) is 9.78 Å². The van der Waals surface area contributed by atoms with Crippen molar-refractivity contribution < 1.29 is 19.4 Å². The summed E-state index contributed by atoms with van der Waals surface area (Å²) < 4.78 is 7.80. The van der Waals surface area contributed by atoms with Crippen molar-refractivity contribution >= 4 is 76.1 Å². The monoisotopic (exact) mass is 679 g/mol. The van der Waals surface area contributed by atoms with Gasteiger partial charge in [-0.05, 0) is 71.1 Å². The van der Waals surface area contributed by atoms with Crippen molar-refractivity contribution in [2.45, 2.75) is 26.3 Å². The molecule has 4 heterocycles. The molecule has 4 aromatic rings. The molecule has 208 valence electrons. The van der Waals surface area contributed by atoms with E-state index in [-0.39, 0.29) is 5.78 Å². The number of allylic oxidation sites excluding steroid dienone is 2. The lowest BCUT2D eigenvalue weighted by atomic mass is 10.2. The third-order valence-corrected chi connectivity index (χ3v) is 7.04. The van der Waals surface area contributed by atoms with E-state index < -0.39 is 5.97 Å². The van der Waals surface area contributed by atoms with Crippen LogP contribution in [-0.4, -0.2) is 46.1 Å². The number of hydrogen-bond acceptors (Lipinski definition) is 8. The number of aromatic carboxylic acids is 1. The lowest BCUT2D eigenvalue weighted by Crippen LogP contribution is -2.18. The molecule has 12 heteroatoms. The number of benzene rings is 1. The van der Waals surface area contributed by atoms with Gasteiger partial charge in [0.2, 0.25) is 0 Å². The van der Waals surface area contributed by atoms with Crippen LogP contribution >= 0.6 is 43.2 Å². The largest absolute Gasteiger partial charge is 0.477 e. The number of pyridine rings is 1. The van der Waals surface area contributed by atoms with Crippen LogP contribution in [0.5, 0.6) is 0 Å². The first-order chi connectivity index (χ1) is 18.5. The van der Waals surface area contributed by atoms with Gasteiger partial charge in [-0.1, -0.05) is 28.1 Å². The second-order valence-corrected chi connectivity index (χ2v) is 11.1. The summed E-state index contributed by atoms with van der Waals surface area (Å²) in [6.07, 6.45) is 7.68. The van der Waals surface area contributed by atoms with Crippen LogP contribution in [0, 0.1) is 0 Å². The number of nitrogens with zero attached hydrogens (tertiary/aromatic N) is 1. The molecule has 0 spiro atoms. The number of Topliss-reactive ketones (excluding diaryl/α,β-unsaturated/α-hetero) is 1. The average Bonchev–Trinajstić information content (AvgIpc) is 3.64. The summed E-state index contributed by atoms with van der Waals surface area (Å²) in [6.45, 7) is 5.04. The lowest BCUT2D eigenvalue weighted by Gasteiger charge is -1.90. The number of aromatic nitrogens is 2. The Hall–Kier alpha value is -3.03. The van der Waals surface area contributed by atoms with E-state index in [1.165, 1.54) is 24.5 Å². The molecule has 0 bridgehead atoms. The fourth-order valence-corrected chi connectivity index (χ4v) is 4.87. The van der Waals surface area contributed by atoms with Gasteiger partial charge in [0.15, 0.2) is 5.78 Å². The molecule has 1 fully saturated rings. The Labute approximate surface area is 247 Å². The van der Waals surface area contributed by atoms with Crippen molar-refractivity contribution in [1.82, 2.24) is 9.97 Å². The zero-order chi connectivity index (χ0) is 28.9. The van der Waals surface area contributed by atoms with E-state index in [1.54, 1.807) is 24.4 Å². The summed E-state index contributed by atoms with van der Waals surface area (Å²) in [7, 11) is 0. The molecule has 0 amide bonds. The Morgan fingerprint density at radius 3 is 2.46 bits per heavy atom. The quantitative estimate of drug-likeness (QED) is 0.131. The first-order valence-corrected chi connectivity index (χ1v) is 14.1. The number of fused-ring (bicyclic) bond motifs is 2. The number of ether oxygens (including phenoxy) is 1. The highest BCUT2D eigenvalue weighted by Crippen LogP contribution is 2.28. The van der Waals surface area contributed by atoms with Crippen molar-refractivity contribution in [3.63, 3.8) is 0 Å². The zero-order valence-electron chi connectivity index (χ0n) is 21.5. The number of halogens is 2. The Kier molecular flexibility index (Phi) is 13.3. The summed E-state index contributed by atoms with van der Waals surface area (Å²) in [4.78, 5) is 29.2. The number of aromatic amines is 1. The predicted molar refractivity (Wildman–Crippen MR) is 165 cm³/mol. The van der Waals surface area contributed by atoms with E-state index >= 15 is 0 Å². The van der Waals surface area contributed by atoms with Gasteiger partial charge in [0.05, 0.1) is 23.3 Å². The molecular formula is C27H31Br2N5O4S. The number of carbonyl (C=O) groups is 2. The van der Waals surface area contributed by atoms with E-state index in [2.05, 4.69) is 41.8 Å². The molecule has 1 atom stereocenters. The molecular weight excluding hydrogens is 650 g/mol. The highest BCUT2D eigenvalue weighted by Gasteiger charge is 2.09. The average molecular weight is 681 g/mol. The SMILES string of the molecule is C/C=C\C(N)=C/N.CC(=O)c1cc2ncc(Br)cc2[nH]1.NC1CCOC1.O=C(O)c1cc2ccc(Br)cc2s1. The number of carbonyl (C=O) groups excluding carboxylic acids is 1. The fourth-order valence-electron chi connectivity index (χ4n) is 3.08. The predicted octanol–water partition coefficient (Wildman–Crippen LogP) is 5.95. The standard InChI is InChI=1S/C9H7BrN2O.C9H5BrO2S.C5H10N2.C4H9NO/c1-5(13)7-3-8-9(12-7)2-6(10)4-11-8;10-6-2-1-5-3-8(9(11)12)13-7(5)4-6;1-2-3-5(7)4-6;5-4-1-2-6-3-4/h2-4,12H,1H3;1-4H,(H,11,12);2-4H,6-7H2,1H3;4H,1-3,5H2/b;;3-2-,5-4+;. The number of thiophene rings is 1. The summed E-state index contributed by atoms with van der Waals surface area (Å²) in [5.74, 6) is -0.841. The van der Waals surface area contributed by atoms with Crippen LogP contribution < -0.4 is 17.2 Å². The van der Waals surface area contributed by atoms with Crippen molar-refractivity contribution in [3.8, 4) is 0 Å². The second-order valence-electron chi connectivity index (χ2n) is 8.21. The van der Waals surface area contributed by atoms with Crippen molar-refractivity contribution in [3.05, 3.63) is 86.2 Å². The van der Waals surface area contributed by atoms with Crippen LogP contribution in [0.1, 0.15) is 40.4 Å². The number of hydrogen-bond donors (Lipinski definition) is 5. The topological polar surface area (TPSA) is 170 Å². The van der Waals surface area contributed by atoms with Crippen LogP contribution in [0.25, 0.3) is 21.1 Å². The van der Waals surface area contributed by atoms with Gasteiger partial charge in [-0.15, -0.1) is 11.3 Å². The molecule has 3 aromatic heterocycles. The van der Waals surface area contributed by atoms with E-state index in [0.29, 0.717) is 22.3 Å². The minimum atomic E-state index is -0.864. The minimum Gasteiger partial charge on any atom is -0.477 e. The molecule has 1 aromatic carbocycles.